The molecule has 7 nitrogen and oxygen atoms in total. The first kappa shape index (κ1) is 20.5. The zero-order valence-corrected chi connectivity index (χ0v) is 18.6. The summed E-state index contributed by atoms with van der Waals surface area (Å²) in [5, 5.41) is 14.5. The Morgan fingerprint density at radius 1 is 1.19 bits per heavy atom. The molecule has 1 unspecified atom stereocenters. The fourth-order valence-electron chi connectivity index (χ4n) is 4.85. The lowest BCUT2D eigenvalue weighted by Gasteiger charge is -2.27. The summed E-state index contributed by atoms with van der Waals surface area (Å²) >= 11 is 6.44. The predicted molar refractivity (Wildman–Crippen MR) is 123 cm³/mol. The lowest BCUT2D eigenvalue weighted by Crippen LogP contribution is -2.40. The van der Waals surface area contributed by atoms with Crippen LogP contribution in [-0.2, 0) is 11.3 Å². The number of rotatable bonds is 4. The Hall–Kier alpha value is -2.35. The second-order valence-corrected chi connectivity index (χ2v) is 9.00. The van der Waals surface area contributed by atoms with Gasteiger partial charge in [0.2, 0.25) is 0 Å². The fourth-order valence-corrected chi connectivity index (χ4v) is 5.04. The number of nitrogens with one attached hydrogen (secondary N) is 1. The third-order valence-electron chi connectivity index (χ3n) is 6.44. The number of pyridine rings is 1. The smallest absolute Gasteiger partial charge is 0.142 e. The van der Waals surface area contributed by atoms with Gasteiger partial charge in [0.15, 0.2) is 0 Å². The van der Waals surface area contributed by atoms with Crippen molar-refractivity contribution >= 4 is 28.5 Å². The first-order chi connectivity index (χ1) is 15.0. The molecule has 2 aromatic heterocycles. The lowest BCUT2D eigenvalue weighted by molar-refractivity contribution is 0.0191. The van der Waals surface area contributed by atoms with Crippen molar-refractivity contribution in [1.29, 1.82) is 0 Å². The van der Waals surface area contributed by atoms with Gasteiger partial charge in [0.05, 0.1) is 24.3 Å². The van der Waals surface area contributed by atoms with Crippen molar-refractivity contribution in [2.75, 3.05) is 24.6 Å². The number of aromatic hydroxyl groups is 1. The number of imidazole rings is 1. The first-order valence-electron chi connectivity index (χ1n) is 11.0. The number of fused-ring (bicyclic) bond motifs is 1. The van der Waals surface area contributed by atoms with E-state index in [0.29, 0.717) is 41.3 Å². The number of nitrogens with zero attached hydrogens (tertiary/aromatic N) is 4. The highest BCUT2D eigenvalue weighted by molar-refractivity contribution is 6.35. The third-order valence-corrected chi connectivity index (χ3v) is 6.74. The Morgan fingerprint density at radius 2 is 2.00 bits per heavy atom. The lowest BCUT2D eigenvalue weighted by atomic mass is 10.2. The Morgan fingerprint density at radius 3 is 2.68 bits per heavy atom. The number of ether oxygens (including phenoxy) is 1. The molecule has 0 radical (unpaired) electrons. The maximum Gasteiger partial charge on any atom is 0.142 e. The molecule has 164 valence electrons. The highest BCUT2D eigenvalue weighted by Crippen LogP contribution is 2.36. The molecular formula is C23H28ClN5O2. The zero-order valence-electron chi connectivity index (χ0n) is 17.9. The average Bonchev–Trinajstić information content (AvgIpc) is 3.32. The second kappa shape index (κ2) is 8.30. The standard InChI is InChI=1S/C23H28ClN5O2/c1-14-3-4-15(2)29(14)20-8-5-16(11-26-20)23-27-21-18(24)6-7-19(30)22(21)28(23)13-17-12-25-9-10-31-17/h5-8,11,14-15,17,25,30H,3-4,9-10,12-13H2,1-2H3/t14-,15-,17?/m0/s1. The molecule has 8 heteroatoms. The van der Waals surface area contributed by atoms with E-state index in [-0.39, 0.29) is 11.9 Å². The normalized spacial score (nSPS) is 24.2. The number of phenols is 1. The molecule has 2 N–H and O–H groups in total. The number of hydrogen-bond donors (Lipinski definition) is 2. The van der Waals surface area contributed by atoms with Crippen molar-refractivity contribution in [3.63, 3.8) is 0 Å². The van der Waals surface area contributed by atoms with Gasteiger partial charge in [-0.05, 0) is 51.0 Å². The zero-order chi connectivity index (χ0) is 21.5. The van der Waals surface area contributed by atoms with Gasteiger partial charge < -0.3 is 24.6 Å². The van der Waals surface area contributed by atoms with Gasteiger partial charge in [-0.25, -0.2) is 9.97 Å². The summed E-state index contributed by atoms with van der Waals surface area (Å²) in [5.41, 5.74) is 2.10. The van der Waals surface area contributed by atoms with Gasteiger partial charge in [0, 0.05) is 36.9 Å². The Balaban J connectivity index is 1.56. The molecule has 31 heavy (non-hydrogen) atoms. The Labute approximate surface area is 187 Å². The maximum atomic E-state index is 10.6. The van der Waals surface area contributed by atoms with Gasteiger partial charge >= 0.3 is 0 Å². The van der Waals surface area contributed by atoms with Gasteiger partial charge in [-0.2, -0.15) is 0 Å². The third kappa shape index (κ3) is 3.75. The van der Waals surface area contributed by atoms with E-state index in [1.807, 2.05) is 10.8 Å². The first-order valence-corrected chi connectivity index (χ1v) is 11.4. The van der Waals surface area contributed by atoms with E-state index in [4.69, 9.17) is 26.3 Å². The highest BCUT2D eigenvalue weighted by Gasteiger charge is 2.28. The fraction of sp³-hybridized carbons (Fsp3) is 0.478. The Kier molecular flexibility index (Phi) is 5.50. The minimum absolute atomic E-state index is 0.0122. The maximum absolute atomic E-state index is 10.6. The summed E-state index contributed by atoms with van der Waals surface area (Å²) in [5.74, 6) is 1.88. The molecule has 3 aromatic rings. The molecule has 2 aliphatic rings. The minimum Gasteiger partial charge on any atom is -0.506 e. The molecule has 0 bridgehead atoms. The van der Waals surface area contributed by atoms with Gasteiger partial charge in [-0.3, -0.25) is 0 Å². The van der Waals surface area contributed by atoms with E-state index < -0.39 is 0 Å². The van der Waals surface area contributed by atoms with Crippen LogP contribution in [-0.4, -0.2) is 57.5 Å². The highest BCUT2D eigenvalue weighted by atomic mass is 35.5. The second-order valence-electron chi connectivity index (χ2n) is 8.59. The largest absolute Gasteiger partial charge is 0.506 e. The van der Waals surface area contributed by atoms with E-state index in [0.717, 1.165) is 30.3 Å². The van der Waals surface area contributed by atoms with Crippen molar-refractivity contribution in [2.24, 2.45) is 0 Å². The molecule has 0 spiro atoms. The predicted octanol–water partition coefficient (Wildman–Crippen LogP) is 3.82. The number of aromatic nitrogens is 3. The molecule has 4 heterocycles. The van der Waals surface area contributed by atoms with Gasteiger partial charge in [-0.1, -0.05) is 11.6 Å². The summed E-state index contributed by atoms with van der Waals surface area (Å²) in [7, 11) is 0. The average molecular weight is 442 g/mol. The van der Waals surface area contributed by atoms with Gasteiger partial charge in [-0.15, -0.1) is 0 Å². The molecule has 1 aromatic carbocycles. The summed E-state index contributed by atoms with van der Waals surface area (Å²) < 4.78 is 7.93. The number of morpholine rings is 1. The van der Waals surface area contributed by atoms with Crippen LogP contribution in [0.5, 0.6) is 5.75 Å². The van der Waals surface area contributed by atoms with E-state index in [1.54, 1.807) is 12.1 Å². The van der Waals surface area contributed by atoms with Crippen LogP contribution in [0.1, 0.15) is 26.7 Å². The van der Waals surface area contributed by atoms with E-state index >= 15 is 0 Å². The van der Waals surface area contributed by atoms with Crippen molar-refractivity contribution < 1.29 is 9.84 Å². The topological polar surface area (TPSA) is 75.4 Å². The summed E-state index contributed by atoms with van der Waals surface area (Å²) in [6, 6.07) is 8.40. The number of hydrogen-bond acceptors (Lipinski definition) is 6. The van der Waals surface area contributed by atoms with E-state index in [2.05, 4.69) is 36.2 Å². The molecule has 2 saturated heterocycles. The van der Waals surface area contributed by atoms with Crippen LogP contribution in [0.15, 0.2) is 30.5 Å². The van der Waals surface area contributed by atoms with Gasteiger partial charge in [0.25, 0.3) is 0 Å². The van der Waals surface area contributed by atoms with Gasteiger partial charge in [0.1, 0.15) is 28.4 Å². The SMILES string of the molecule is C[C@H]1CC[C@H](C)N1c1ccc(-c2nc3c(Cl)ccc(O)c3n2CC2CNCCO2)cn1. The Bertz CT molecular complexity index is 1070. The minimum atomic E-state index is -0.0122. The van der Waals surface area contributed by atoms with Crippen LogP contribution in [0.3, 0.4) is 0 Å². The summed E-state index contributed by atoms with van der Waals surface area (Å²) in [4.78, 5) is 12.0. The molecule has 0 aliphatic carbocycles. The summed E-state index contributed by atoms with van der Waals surface area (Å²) in [6.07, 6.45) is 4.23. The van der Waals surface area contributed by atoms with Crippen molar-refractivity contribution in [1.82, 2.24) is 19.9 Å². The summed E-state index contributed by atoms with van der Waals surface area (Å²) in [6.45, 7) is 7.34. The number of halogens is 1. The number of benzene rings is 1. The van der Waals surface area contributed by atoms with Crippen LogP contribution in [0.25, 0.3) is 22.4 Å². The van der Waals surface area contributed by atoms with Crippen LogP contribution < -0.4 is 10.2 Å². The van der Waals surface area contributed by atoms with Crippen molar-refractivity contribution in [2.45, 2.75) is 51.4 Å². The van der Waals surface area contributed by atoms with Crippen LogP contribution in [0.4, 0.5) is 5.82 Å². The molecule has 2 aliphatic heterocycles. The van der Waals surface area contributed by atoms with Crippen molar-refractivity contribution in [3.05, 3.63) is 35.5 Å². The number of anilines is 1. The molecule has 0 saturated carbocycles. The van der Waals surface area contributed by atoms with E-state index in [9.17, 15) is 5.11 Å². The van der Waals surface area contributed by atoms with E-state index in [1.165, 1.54) is 12.8 Å². The van der Waals surface area contributed by atoms with Crippen molar-refractivity contribution in [3.8, 4) is 17.1 Å². The van der Waals surface area contributed by atoms with Crippen LogP contribution in [0.2, 0.25) is 5.02 Å². The molecule has 0 amide bonds. The molecule has 2 fully saturated rings. The molecular weight excluding hydrogens is 414 g/mol. The monoisotopic (exact) mass is 441 g/mol. The quantitative estimate of drug-likeness (QED) is 0.641. The van der Waals surface area contributed by atoms with Crippen LogP contribution in [0, 0.1) is 0 Å². The molecule has 5 rings (SSSR count). The number of phenolic OH excluding ortho intramolecular Hbond substituents is 1. The molecule has 3 atom stereocenters. The van der Waals surface area contributed by atoms with Crippen LogP contribution >= 0.6 is 11.6 Å².